The number of aliphatic hydroxyl groups is 2. The molecule has 124 heavy (non-hydrogen) atoms. The molecule has 0 bridgehead atoms. The van der Waals surface area contributed by atoms with Gasteiger partial charge < -0.3 is 10.2 Å². The first-order valence-electron chi connectivity index (χ1n) is 45.4. The van der Waals surface area contributed by atoms with Crippen molar-refractivity contribution in [1.82, 2.24) is 0 Å². The normalized spacial score (nSPS) is 20.6. The van der Waals surface area contributed by atoms with Crippen molar-refractivity contribution < 1.29 is 19.8 Å². The Balaban J connectivity index is 0.000000631. The number of carbonyl (C=O) groups excluding carboxylic acids is 2. The lowest BCUT2D eigenvalue weighted by Crippen LogP contribution is -2.35. The van der Waals surface area contributed by atoms with Gasteiger partial charge in [0.15, 0.2) is 11.6 Å². The molecule has 0 spiro atoms. The zero-order valence-corrected chi connectivity index (χ0v) is 82.9. The van der Waals surface area contributed by atoms with E-state index in [-0.39, 0.29) is 22.4 Å². The predicted octanol–water partition coefficient (Wildman–Crippen LogP) is 34.4. The molecule has 668 valence electrons. The maximum Gasteiger partial charge on any atom is 0.187 e. The first-order valence-corrected chi connectivity index (χ1v) is 45.4. The number of hydrogen-bond acceptors (Lipinski definition) is 4. The highest BCUT2D eigenvalue weighted by atomic mass is 16.3. The van der Waals surface area contributed by atoms with Gasteiger partial charge in [0.25, 0.3) is 0 Å². The molecule has 0 saturated carbocycles. The van der Waals surface area contributed by atoms with E-state index < -0.39 is 12.2 Å². The molecule has 0 heterocycles. The molecule has 0 amide bonds. The van der Waals surface area contributed by atoms with Gasteiger partial charge in [0.1, 0.15) is 12.2 Å². The first kappa shape index (κ1) is 110. The summed E-state index contributed by atoms with van der Waals surface area (Å²) in [6.07, 6.45) is 109. The average Bonchev–Trinajstić information content (AvgIpc) is 0.787. The van der Waals surface area contributed by atoms with Gasteiger partial charge in [-0.15, -0.1) is 0 Å². The van der Waals surface area contributed by atoms with E-state index in [4.69, 9.17) is 0 Å². The fourth-order valence-corrected chi connectivity index (χ4v) is 14.8. The minimum atomic E-state index is -0.907. The summed E-state index contributed by atoms with van der Waals surface area (Å²) in [5.74, 6) is -0.350. The summed E-state index contributed by atoms with van der Waals surface area (Å²) in [6, 6.07) is 0. The lowest BCUT2D eigenvalue weighted by atomic mass is 9.71. The fourth-order valence-electron chi connectivity index (χ4n) is 14.8. The van der Waals surface area contributed by atoms with E-state index in [1.54, 1.807) is 25.0 Å². The van der Waals surface area contributed by atoms with Crippen LogP contribution in [-0.2, 0) is 9.59 Å². The Morgan fingerprint density at radius 1 is 0.282 bits per heavy atom. The summed E-state index contributed by atoms with van der Waals surface area (Å²) >= 11 is 0. The maximum atomic E-state index is 12.2. The standard InChI is InChI=1S/C40H52O4.2C40H56/c1-27(17-13-19-29(3)21-23-33-31(5)37(43)35(41)25-39(33,7)8)15-11-12-16-28(2)18-14-20-30(4)22-24-34-32(6)38(44)36(42)26-40(34,9)10;1-31(19-13-21-33(3)25-27-37-35(5)23-15-29-39(37,7)8)17-11-12-18-32(2)20-14-22-34(4)26-28-38-36(6)24-16-30-40(38,9)10;1-33(2)19-13-23-37(7)27-17-31-39(9)29-15-25-35(5)21-11-12-22-36(6)26-16-30-40(10)32-18-28-38(8)24-14-20-34(3)4/h11-24,35-36,41-42H,25-26H2,1-10H3;11-14,17-22,25-28H,15-16,23-24,29-30H2,1-10H3;11-12,15-22,25-32H,13-14,23-24H2,1-10H3/b12-11+,17-13+,18-14+,23-21+,24-22+,27-15+,28-16+,29-19+,30-20+;12-11+,19-13+,20-14+,27-25+,28-26+,31-17+,32-18+,33-21+,34-22+;12-11+,25-15+,26-16+,31-17+,32-18+,35-21+,36-22+,37-27+,38-28+,39-29+,40-30+. The van der Waals surface area contributed by atoms with Gasteiger partial charge in [-0.25, -0.2) is 0 Å². The number of carbonyl (C=O) groups is 2. The van der Waals surface area contributed by atoms with Crippen molar-refractivity contribution in [3.63, 3.8) is 0 Å². The molecule has 4 rings (SSSR count). The Bertz CT molecular complexity index is 4460. The number of rotatable bonds is 36. The van der Waals surface area contributed by atoms with Crippen LogP contribution in [-0.4, -0.2) is 34.0 Å². The van der Waals surface area contributed by atoms with Gasteiger partial charge in [0.05, 0.1) is 0 Å². The number of ketones is 2. The van der Waals surface area contributed by atoms with Crippen LogP contribution < -0.4 is 0 Å². The zero-order chi connectivity index (χ0) is 93.2. The van der Waals surface area contributed by atoms with Gasteiger partial charge in [-0.3, -0.25) is 9.59 Å². The number of Topliss-reactive ketones (excluding diaryl/α,β-unsaturated/α-hetero) is 2. The third-order valence-corrected chi connectivity index (χ3v) is 22.6. The number of allylic oxidation sites excluding steroid dienone is 68. The lowest BCUT2D eigenvalue weighted by molar-refractivity contribution is -0.126. The van der Waals surface area contributed by atoms with Crippen LogP contribution in [0.3, 0.4) is 0 Å². The molecule has 4 nitrogen and oxygen atoms in total. The van der Waals surface area contributed by atoms with Gasteiger partial charge >= 0.3 is 0 Å². The van der Waals surface area contributed by atoms with Crippen LogP contribution in [0.15, 0.2) is 413 Å². The molecule has 2 atom stereocenters. The Morgan fingerprint density at radius 3 is 0.702 bits per heavy atom. The van der Waals surface area contributed by atoms with Gasteiger partial charge in [-0.05, 0) is 284 Å². The molecule has 4 heteroatoms. The first-order chi connectivity index (χ1) is 58.3. The summed E-state index contributed by atoms with van der Waals surface area (Å²) in [7, 11) is 0. The largest absolute Gasteiger partial charge is 0.385 e. The smallest absolute Gasteiger partial charge is 0.187 e. The predicted molar refractivity (Wildman–Crippen MR) is 552 cm³/mol. The quantitative estimate of drug-likeness (QED) is 0.0484. The Kier molecular flexibility index (Phi) is 51.9. The van der Waals surface area contributed by atoms with Crippen molar-refractivity contribution in [3.8, 4) is 0 Å². The van der Waals surface area contributed by atoms with Gasteiger partial charge in [0, 0.05) is 0 Å². The second kappa shape index (κ2) is 58.4. The van der Waals surface area contributed by atoms with Crippen molar-refractivity contribution in [3.05, 3.63) is 413 Å². The Morgan fingerprint density at radius 2 is 0.484 bits per heavy atom. The van der Waals surface area contributed by atoms with Crippen molar-refractivity contribution in [2.24, 2.45) is 21.7 Å². The molecule has 0 aromatic heterocycles. The van der Waals surface area contributed by atoms with Gasteiger partial charge in [-0.2, -0.15) is 0 Å². The molecule has 4 aliphatic carbocycles. The molecule has 2 unspecified atom stereocenters. The third-order valence-electron chi connectivity index (χ3n) is 22.6. The highest BCUT2D eigenvalue weighted by Crippen LogP contribution is 2.44. The van der Waals surface area contributed by atoms with E-state index in [1.807, 2.05) is 74.6 Å². The van der Waals surface area contributed by atoms with Crippen molar-refractivity contribution in [2.75, 3.05) is 0 Å². The van der Waals surface area contributed by atoms with Gasteiger partial charge in [0.2, 0.25) is 0 Å². The van der Waals surface area contributed by atoms with E-state index in [9.17, 15) is 19.8 Å². The van der Waals surface area contributed by atoms with Crippen LogP contribution in [0.25, 0.3) is 0 Å². The van der Waals surface area contributed by atoms with Crippen LogP contribution >= 0.6 is 0 Å². The molecular formula is C120H164O4. The lowest BCUT2D eigenvalue weighted by Gasteiger charge is -2.34. The number of hydrogen-bond donors (Lipinski definition) is 2. The van der Waals surface area contributed by atoms with Crippen LogP contribution in [0.4, 0.5) is 0 Å². The summed E-state index contributed by atoms with van der Waals surface area (Å²) < 4.78 is 0. The summed E-state index contributed by atoms with van der Waals surface area (Å²) in [5, 5.41) is 20.0. The summed E-state index contributed by atoms with van der Waals surface area (Å²) in [6.45, 7) is 64.2. The molecule has 0 fully saturated rings. The van der Waals surface area contributed by atoms with Crippen LogP contribution in [0.5, 0.6) is 0 Å². The van der Waals surface area contributed by atoms with E-state index in [0.717, 1.165) is 59.1 Å². The monoisotopic (exact) mass is 1670 g/mol. The maximum absolute atomic E-state index is 12.2. The van der Waals surface area contributed by atoms with E-state index in [0.29, 0.717) is 34.8 Å². The van der Waals surface area contributed by atoms with E-state index in [2.05, 4.69) is 399 Å². The van der Waals surface area contributed by atoms with Crippen molar-refractivity contribution >= 4 is 11.6 Å². The highest BCUT2D eigenvalue weighted by Gasteiger charge is 2.38. The minimum absolute atomic E-state index is 0.175. The minimum Gasteiger partial charge on any atom is -0.385 e. The number of aliphatic hydroxyl groups excluding tert-OH is 2. The Labute approximate surface area is 758 Å². The van der Waals surface area contributed by atoms with Crippen molar-refractivity contribution in [2.45, 2.75) is 297 Å². The second-order valence-electron chi connectivity index (χ2n) is 37.8. The molecule has 0 radical (unpaired) electrons. The highest BCUT2D eigenvalue weighted by molar-refractivity contribution is 6.01. The topological polar surface area (TPSA) is 74.6 Å². The molecule has 0 aliphatic heterocycles. The average molecular weight is 1670 g/mol. The molecule has 4 aliphatic rings. The summed E-state index contributed by atoms with van der Waals surface area (Å²) in [4.78, 5) is 24.5. The molecular weight excluding hydrogens is 1510 g/mol. The van der Waals surface area contributed by atoms with E-state index >= 15 is 0 Å². The molecule has 0 saturated heterocycles. The third kappa shape index (κ3) is 47.3. The zero-order valence-electron chi connectivity index (χ0n) is 82.9. The van der Waals surface area contributed by atoms with Gasteiger partial charge in [-0.1, -0.05) is 435 Å². The Hall–Kier alpha value is -9.84. The van der Waals surface area contributed by atoms with Crippen LogP contribution in [0.1, 0.15) is 285 Å². The van der Waals surface area contributed by atoms with Crippen molar-refractivity contribution in [1.29, 1.82) is 0 Å². The SMILES string of the molecule is CC(C)=CCC/C(C)=C/C=C/C(C)=C/C=C/C(C)=C/C=C/C=C(C)/C=C/C=C(C)/C=C/C=C(\C)CCC=C(C)C.CC1=C(/C=C/C(C)=C/C=C/C(C)=C/C=C/C=C(C)/C=C/C=C(C)/C=C/C2=C(C)C(=O)C(O)CC2(C)C)C(C)(C)CC(O)C1=O.CC1=C(/C=C/C(C)=C/C=C/C(C)=C/C=C/C=C(C)/C=C/C=C(C)/C=C/C2=C(C)CCCC2(C)C)C(C)(C)CCC1. The van der Waals surface area contributed by atoms with Crippen LogP contribution in [0.2, 0.25) is 0 Å². The fraction of sp³-hybridized carbons (Fsp3) is 0.400. The molecule has 0 aromatic carbocycles. The second-order valence-corrected chi connectivity index (χ2v) is 37.8. The van der Waals surface area contributed by atoms with Crippen LogP contribution in [0, 0.1) is 21.7 Å². The molecule has 2 N–H and O–H groups in total. The summed E-state index contributed by atoms with van der Waals surface area (Å²) in [5.41, 5.74) is 29.4. The molecule has 0 aromatic rings. The van der Waals surface area contributed by atoms with E-state index in [1.165, 1.54) is 117 Å².